The fraction of sp³-hybridized carbons (Fsp3) is 0.370. The lowest BCUT2D eigenvalue weighted by Crippen LogP contribution is -2.42. The highest BCUT2D eigenvalue weighted by atomic mass is 35.5. The number of hydrogen-bond acceptors (Lipinski definition) is 3. The van der Waals surface area contributed by atoms with Crippen LogP contribution in [0.15, 0.2) is 54.6 Å². The highest BCUT2D eigenvalue weighted by Crippen LogP contribution is 2.29. The van der Waals surface area contributed by atoms with E-state index >= 15 is 0 Å². The molecule has 0 atom stereocenters. The second-order valence-electron chi connectivity index (χ2n) is 10.1. The number of hydrogen-bond donors (Lipinski definition) is 2. The zero-order valence-corrected chi connectivity index (χ0v) is 22.0. The average Bonchev–Trinajstić information content (AvgIpc) is 3.18. The summed E-state index contributed by atoms with van der Waals surface area (Å²) in [5.41, 5.74) is 3.02. The van der Waals surface area contributed by atoms with Gasteiger partial charge in [-0.3, -0.25) is 4.79 Å². The molecule has 3 amide bonds. The SMILES string of the molecule is Cc1ccc(NC(=O)N(CC(=O)Nc2cc(C(C)(C)C)nn2-c2ccccc2Cl)CC(C)C)cc1. The van der Waals surface area contributed by atoms with Crippen LogP contribution in [0.4, 0.5) is 16.3 Å². The maximum atomic E-state index is 13.1. The number of carbonyl (C=O) groups is 2. The Bertz CT molecular complexity index is 1180. The van der Waals surface area contributed by atoms with Crippen LogP contribution in [0.5, 0.6) is 0 Å². The molecule has 0 aliphatic rings. The highest BCUT2D eigenvalue weighted by Gasteiger charge is 2.24. The summed E-state index contributed by atoms with van der Waals surface area (Å²) in [6, 6.07) is 16.4. The first kappa shape index (κ1) is 26.3. The van der Waals surface area contributed by atoms with Crippen molar-refractivity contribution >= 4 is 35.0 Å². The molecule has 0 saturated heterocycles. The van der Waals surface area contributed by atoms with E-state index in [4.69, 9.17) is 16.7 Å². The zero-order chi connectivity index (χ0) is 25.8. The van der Waals surface area contributed by atoms with Gasteiger partial charge in [-0.2, -0.15) is 5.10 Å². The van der Waals surface area contributed by atoms with E-state index in [0.717, 1.165) is 11.3 Å². The number of aryl methyl sites for hydroxylation is 1. The van der Waals surface area contributed by atoms with Crippen molar-refractivity contribution in [3.05, 3.63) is 70.9 Å². The van der Waals surface area contributed by atoms with Crippen LogP contribution in [0, 0.1) is 12.8 Å². The molecule has 35 heavy (non-hydrogen) atoms. The number of nitrogens with zero attached hydrogens (tertiary/aromatic N) is 3. The number of nitrogens with one attached hydrogen (secondary N) is 2. The molecule has 3 aromatic rings. The number of amides is 3. The van der Waals surface area contributed by atoms with Crippen molar-refractivity contribution in [3.63, 3.8) is 0 Å². The number of benzene rings is 2. The minimum absolute atomic E-state index is 0.103. The van der Waals surface area contributed by atoms with E-state index in [2.05, 4.69) is 31.4 Å². The summed E-state index contributed by atoms with van der Waals surface area (Å²) in [7, 11) is 0. The fourth-order valence-corrected chi connectivity index (χ4v) is 3.71. The maximum absolute atomic E-state index is 13.1. The Labute approximate surface area is 212 Å². The van der Waals surface area contributed by atoms with E-state index in [1.165, 1.54) is 4.90 Å². The van der Waals surface area contributed by atoms with Crippen LogP contribution in [0.2, 0.25) is 5.02 Å². The normalized spacial score (nSPS) is 11.4. The third-order valence-electron chi connectivity index (χ3n) is 5.34. The number of anilines is 2. The lowest BCUT2D eigenvalue weighted by Gasteiger charge is -2.24. The highest BCUT2D eigenvalue weighted by molar-refractivity contribution is 6.32. The van der Waals surface area contributed by atoms with Crippen molar-refractivity contribution in [2.45, 2.75) is 47.0 Å². The number of carbonyl (C=O) groups excluding carboxylic acids is 2. The van der Waals surface area contributed by atoms with Crippen LogP contribution in [-0.4, -0.2) is 39.7 Å². The molecular formula is C27H34ClN5O2. The minimum atomic E-state index is -0.326. The van der Waals surface area contributed by atoms with Gasteiger partial charge in [0.1, 0.15) is 12.4 Å². The lowest BCUT2D eigenvalue weighted by molar-refractivity contribution is -0.116. The number of aromatic nitrogens is 2. The summed E-state index contributed by atoms with van der Waals surface area (Å²) in [4.78, 5) is 27.6. The number of urea groups is 1. The molecule has 7 nitrogen and oxygen atoms in total. The molecule has 0 saturated carbocycles. The topological polar surface area (TPSA) is 79.3 Å². The largest absolute Gasteiger partial charge is 0.322 e. The second-order valence-corrected chi connectivity index (χ2v) is 10.6. The average molecular weight is 496 g/mol. The quantitative estimate of drug-likeness (QED) is 0.406. The first-order chi connectivity index (χ1) is 16.4. The molecule has 0 radical (unpaired) electrons. The molecule has 186 valence electrons. The van der Waals surface area contributed by atoms with Crippen molar-refractivity contribution in [2.24, 2.45) is 5.92 Å². The van der Waals surface area contributed by atoms with Gasteiger partial charge in [0, 0.05) is 23.7 Å². The lowest BCUT2D eigenvalue weighted by atomic mass is 9.92. The molecule has 0 bridgehead atoms. The molecule has 2 N–H and O–H groups in total. The van der Waals surface area contributed by atoms with Gasteiger partial charge < -0.3 is 15.5 Å². The van der Waals surface area contributed by atoms with Gasteiger partial charge >= 0.3 is 6.03 Å². The van der Waals surface area contributed by atoms with Gasteiger partial charge in [0.15, 0.2) is 0 Å². The molecular weight excluding hydrogens is 462 g/mol. The Hall–Kier alpha value is -3.32. The molecule has 0 aliphatic heterocycles. The monoisotopic (exact) mass is 495 g/mol. The molecule has 0 unspecified atom stereocenters. The molecule has 8 heteroatoms. The standard InChI is InChI=1S/C27H34ClN5O2/c1-18(2)16-32(26(35)29-20-13-11-19(3)12-14-20)17-25(34)30-24-15-23(27(4,5)6)31-33(24)22-10-8-7-9-21(22)28/h7-15,18H,16-17H2,1-6H3,(H,29,35)(H,30,34). The van der Waals surface area contributed by atoms with E-state index in [0.29, 0.717) is 28.8 Å². The first-order valence-electron chi connectivity index (χ1n) is 11.7. The fourth-order valence-electron chi connectivity index (χ4n) is 3.50. The first-order valence-corrected chi connectivity index (χ1v) is 12.1. The smallest absolute Gasteiger partial charge is 0.315 e. The molecule has 1 aromatic heterocycles. The number of rotatable bonds is 7. The van der Waals surface area contributed by atoms with Crippen LogP contribution in [-0.2, 0) is 10.2 Å². The summed E-state index contributed by atoms with van der Waals surface area (Å²) in [6.07, 6.45) is 0. The van der Waals surface area contributed by atoms with Crippen molar-refractivity contribution in [1.82, 2.24) is 14.7 Å². The van der Waals surface area contributed by atoms with Gasteiger partial charge in [0.2, 0.25) is 5.91 Å². The van der Waals surface area contributed by atoms with Gasteiger partial charge in [-0.05, 0) is 37.1 Å². The predicted octanol–water partition coefficient (Wildman–Crippen LogP) is 6.26. The van der Waals surface area contributed by atoms with E-state index < -0.39 is 0 Å². The van der Waals surface area contributed by atoms with E-state index in [1.54, 1.807) is 10.7 Å². The Morgan fingerprint density at radius 1 is 1.06 bits per heavy atom. The van der Waals surface area contributed by atoms with Crippen LogP contribution in [0.3, 0.4) is 0 Å². The molecule has 3 rings (SSSR count). The van der Waals surface area contributed by atoms with Crippen LogP contribution in [0.25, 0.3) is 5.69 Å². The van der Waals surface area contributed by atoms with Crippen molar-refractivity contribution in [3.8, 4) is 5.69 Å². The van der Waals surface area contributed by atoms with E-state index in [1.807, 2.05) is 69.3 Å². The summed E-state index contributed by atoms with van der Waals surface area (Å²) >= 11 is 6.43. The maximum Gasteiger partial charge on any atom is 0.322 e. The Morgan fingerprint density at radius 2 is 1.71 bits per heavy atom. The minimum Gasteiger partial charge on any atom is -0.315 e. The third-order valence-corrected chi connectivity index (χ3v) is 5.66. The molecule has 2 aromatic carbocycles. The van der Waals surface area contributed by atoms with Gasteiger partial charge in [0.05, 0.1) is 16.4 Å². The van der Waals surface area contributed by atoms with Crippen molar-refractivity contribution in [1.29, 1.82) is 0 Å². The summed E-state index contributed by atoms with van der Waals surface area (Å²) in [6.45, 7) is 12.5. The van der Waals surface area contributed by atoms with Gasteiger partial charge in [0.25, 0.3) is 0 Å². The second kappa shape index (κ2) is 11.0. The Balaban J connectivity index is 1.82. The van der Waals surface area contributed by atoms with Gasteiger partial charge in [-0.15, -0.1) is 0 Å². The van der Waals surface area contributed by atoms with E-state index in [9.17, 15) is 9.59 Å². The molecule has 0 fully saturated rings. The van der Waals surface area contributed by atoms with Crippen molar-refractivity contribution in [2.75, 3.05) is 23.7 Å². The van der Waals surface area contributed by atoms with Crippen LogP contribution >= 0.6 is 11.6 Å². The summed E-state index contributed by atoms with van der Waals surface area (Å²) < 4.78 is 1.64. The molecule has 0 aliphatic carbocycles. The summed E-state index contributed by atoms with van der Waals surface area (Å²) in [5.74, 6) is 0.363. The molecule has 0 spiro atoms. The van der Waals surface area contributed by atoms with Gasteiger partial charge in [-0.25, -0.2) is 9.48 Å². The Kier molecular flexibility index (Phi) is 8.22. The zero-order valence-electron chi connectivity index (χ0n) is 21.2. The van der Waals surface area contributed by atoms with E-state index in [-0.39, 0.29) is 29.8 Å². The van der Waals surface area contributed by atoms with Crippen molar-refractivity contribution < 1.29 is 9.59 Å². The Morgan fingerprint density at radius 3 is 2.31 bits per heavy atom. The van der Waals surface area contributed by atoms with Gasteiger partial charge in [-0.1, -0.05) is 76.0 Å². The number of halogens is 1. The number of para-hydroxylation sites is 1. The van der Waals surface area contributed by atoms with Crippen LogP contribution < -0.4 is 10.6 Å². The third kappa shape index (κ3) is 7.09. The van der Waals surface area contributed by atoms with Crippen LogP contribution in [0.1, 0.15) is 45.9 Å². The molecule has 1 heterocycles. The summed E-state index contributed by atoms with van der Waals surface area (Å²) in [5, 5.41) is 11.1. The predicted molar refractivity (Wildman–Crippen MR) is 143 cm³/mol.